The van der Waals surface area contributed by atoms with Crippen LogP contribution in [-0.4, -0.2) is 50.5 Å². The molecule has 50 heavy (non-hydrogen) atoms. The third-order valence-electron chi connectivity index (χ3n) is 8.72. The Morgan fingerprint density at radius 3 is 1.72 bits per heavy atom. The van der Waals surface area contributed by atoms with E-state index in [2.05, 4.69) is 39.2 Å². The van der Waals surface area contributed by atoms with E-state index in [1.807, 2.05) is 102 Å². The molecule has 9 nitrogen and oxygen atoms in total. The predicted octanol–water partition coefficient (Wildman–Crippen LogP) is 7.74. The summed E-state index contributed by atoms with van der Waals surface area (Å²) in [6.45, 7) is 1.74. The van der Waals surface area contributed by atoms with Crippen LogP contribution in [0.4, 0.5) is 0 Å². The summed E-state index contributed by atoms with van der Waals surface area (Å²) in [5.41, 5.74) is 5.25. The molecule has 256 valence electrons. The van der Waals surface area contributed by atoms with Crippen LogP contribution in [0.1, 0.15) is 34.9 Å². The van der Waals surface area contributed by atoms with Crippen molar-refractivity contribution in [1.29, 1.82) is 0 Å². The van der Waals surface area contributed by atoms with Crippen molar-refractivity contribution in [2.45, 2.75) is 63.5 Å². The van der Waals surface area contributed by atoms with Crippen LogP contribution in [0.15, 0.2) is 134 Å². The average molecular weight is 691 g/mol. The van der Waals surface area contributed by atoms with E-state index in [1.54, 1.807) is 6.33 Å². The maximum atomic E-state index is 7.02. The second-order valence-corrected chi connectivity index (χ2v) is 12.6. The number of benzene rings is 4. The van der Waals surface area contributed by atoms with Gasteiger partial charge in [-0.15, -0.1) is 0 Å². The Kier molecular flexibility index (Phi) is 11.5. The van der Waals surface area contributed by atoms with Gasteiger partial charge in [0.2, 0.25) is 0 Å². The molecule has 1 aliphatic heterocycles. The number of halogens is 1. The van der Waals surface area contributed by atoms with Crippen molar-refractivity contribution in [3.63, 3.8) is 0 Å². The molecule has 0 N–H and O–H groups in total. The molecule has 6 aromatic rings. The maximum Gasteiger partial charge on any atom is 0.166 e. The lowest BCUT2D eigenvalue weighted by Crippen LogP contribution is -2.48. The lowest BCUT2D eigenvalue weighted by molar-refractivity contribution is -0.184. The number of imidazole rings is 1. The van der Waals surface area contributed by atoms with Gasteiger partial charge < -0.3 is 23.7 Å². The van der Waals surface area contributed by atoms with Crippen molar-refractivity contribution in [2.24, 2.45) is 0 Å². The van der Waals surface area contributed by atoms with Crippen LogP contribution in [-0.2, 0) is 50.1 Å². The van der Waals surface area contributed by atoms with Gasteiger partial charge >= 0.3 is 0 Å². The molecule has 10 heteroatoms. The molecule has 1 saturated heterocycles. The van der Waals surface area contributed by atoms with Crippen molar-refractivity contribution in [3.8, 4) is 0 Å². The number of ether oxygens (including phenoxy) is 5. The highest BCUT2D eigenvalue weighted by molar-refractivity contribution is 6.33. The third kappa shape index (κ3) is 8.62. The van der Waals surface area contributed by atoms with Gasteiger partial charge in [0.1, 0.15) is 36.4 Å². The zero-order valence-corrected chi connectivity index (χ0v) is 28.3. The first-order valence-corrected chi connectivity index (χ1v) is 17.2. The SMILES string of the molecule is Clc1ncnc2c1ncn2[C@@H]1C[C@H](OCc2ccccc2)[C@@H](OCc2ccccc2)[C@@H](OCc2ccccc2)[C@@H](COCc2ccccc2)O1. The maximum absolute atomic E-state index is 7.02. The molecule has 0 amide bonds. The summed E-state index contributed by atoms with van der Waals surface area (Å²) >= 11 is 6.44. The van der Waals surface area contributed by atoms with E-state index in [0.29, 0.717) is 44.0 Å². The molecule has 1 fully saturated rings. The zero-order valence-electron chi connectivity index (χ0n) is 27.5. The van der Waals surface area contributed by atoms with Gasteiger partial charge in [0.05, 0.1) is 45.5 Å². The average Bonchev–Trinajstić information content (AvgIpc) is 3.55. The standard InChI is InChI=1S/C40H39ClN4O5/c41-39-36-40(43-27-42-39)45(28-44-36)35-21-33(47-23-30-15-7-2-8-16-30)37(48-24-31-17-9-3-10-18-31)38(49-25-32-19-11-4-12-20-32)34(50-35)26-46-22-29-13-5-1-6-14-29/h1-20,27-28,33-35,37-38H,21-26H2/t33-,34+,35-,37+,38-/m0/s1. The second kappa shape index (κ2) is 17.0. The highest BCUT2D eigenvalue weighted by Gasteiger charge is 2.44. The van der Waals surface area contributed by atoms with Crippen molar-refractivity contribution in [1.82, 2.24) is 19.5 Å². The molecule has 2 aromatic heterocycles. The van der Waals surface area contributed by atoms with Gasteiger partial charge in [-0.2, -0.15) is 0 Å². The molecule has 0 radical (unpaired) electrons. The van der Waals surface area contributed by atoms with Gasteiger partial charge in [-0.05, 0) is 22.3 Å². The van der Waals surface area contributed by atoms with Gasteiger partial charge in [0.25, 0.3) is 0 Å². The summed E-state index contributed by atoms with van der Waals surface area (Å²) < 4.78 is 35.8. The highest BCUT2D eigenvalue weighted by Crippen LogP contribution is 2.35. The number of fused-ring (bicyclic) bond motifs is 1. The molecule has 0 saturated carbocycles. The lowest BCUT2D eigenvalue weighted by atomic mass is 10.0. The van der Waals surface area contributed by atoms with Crippen molar-refractivity contribution < 1.29 is 23.7 Å². The van der Waals surface area contributed by atoms with Crippen LogP contribution in [0.3, 0.4) is 0 Å². The second-order valence-electron chi connectivity index (χ2n) is 12.2. The van der Waals surface area contributed by atoms with E-state index in [1.165, 1.54) is 6.33 Å². The number of rotatable bonds is 14. The molecular weight excluding hydrogens is 652 g/mol. The van der Waals surface area contributed by atoms with Crippen LogP contribution in [0, 0.1) is 0 Å². The normalized spacial score (nSPS) is 20.9. The molecule has 0 bridgehead atoms. The lowest BCUT2D eigenvalue weighted by Gasteiger charge is -2.34. The molecule has 0 aliphatic carbocycles. The minimum absolute atomic E-state index is 0.240. The van der Waals surface area contributed by atoms with Gasteiger partial charge in [-0.3, -0.25) is 4.57 Å². The molecule has 4 aromatic carbocycles. The Morgan fingerprint density at radius 1 is 0.620 bits per heavy atom. The fourth-order valence-electron chi connectivity index (χ4n) is 6.18. The van der Waals surface area contributed by atoms with Crippen LogP contribution in [0.2, 0.25) is 5.15 Å². The molecule has 5 atom stereocenters. The number of nitrogens with zero attached hydrogens (tertiary/aromatic N) is 4. The Morgan fingerprint density at radius 2 is 1.14 bits per heavy atom. The first-order valence-electron chi connectivity index (χ1n) is 16.8. The van der Waals surface area contributed by atoms with Crippen LogP contribution < -0.4 is 0 Å². The fraction of sp³-hybridized carbons (Fsp3) is 0.275. The van der Waals surface area contributed by atoms with Gasteiger partial charge in [0.15, 0.2) is 10.8 Å². The number of hydrogen-bond donors (Lipinski definition) is 0. The third-order valence-corrected chi connectivity index (χ3v) is 8.99. The molecular formula is C40H39ClN4O5. The monoisotopic (exact) mass is 690 g/mol. The zero-order chi connectivity index (χ0) is 34.0. The molecule has 7 rings (SSSR count). The van der Waals surface area contributed by atoms with Crippen LogP contribution in [0.25, 0.3) is 11.2 Å². The van der Waals surface area contributed by atoms with Crippen LogP contribution >= 0.6 is 11.6 Å². The van der Waals surface area contributed by atoms with Crippen molar-refractivity contribution >= 4 is 22.8 Å². The van der Waals surface area contributed by atoms with Gasteiger partial charge in [-0.1, -0.05) is 133 Å². The van der Waals surface area contributed by atoms with E-state index in [0.717, 1.165) is 22.3 Å². The summed E-state index contributed by atoms with van der Waals surface area (Å²) in [6.07, 6.45) is 0.842. The fourth-order valence-corrected chi connectivity index (χ4v) is 6.36. The Hall–Kier alpha value is -4.48. The minimum Gasteiger partial charge on any atom is -0.374 e. The predicted molar refractivity (Wildman–Crippen MR) is 190 cm³/mol. The van der Waals surface area contributed by atoms with E-state index < -0.39 is 30.6 Å². The summed E-state index contributed by atoms with van der Waals surface area (Å²) in [4.78, 5) is 13.2. The van der Waals surface area contributed by atoms with Crippen LogP contribution in [0.5, 0.6) is 0 Å². The van der Waals surface area contributed by atoms with Crippen molar-refractivity contribution in [3.05, 3.63) is 161 Å². The Bertz CT molecular complexity index is 1900. The first kappa shape index (κ1) is 34.0. The largest absolute Gasteiger partial charge is 0.374 e. The van der Waals surface area contributed by atoms with Gasteiger partial charge in [0, 0.05) is 6.42 Å². The minimum atomic E-state index is -0.575. The van der Waals surface area contributed by atoms with E-state index in [9.17, 15) is 0 Å². The topological polar surface area (TPSA) is 89.8 Å². The summed E-state index contributed by atoms with van der Waals surface area (Å²) in [5.74, 6) is 0. The number of hydrogen-bond acceptors (Lipinski definition) is 8. The smallest absolute Gasteiger partial charge is 0.166 e. The van der Waals surface area contributed by atoms with E-state index in [-0.39, 0.29) is 11.8 Å². The molecule has 1 aliphatic rings. The molecule has 0 unspecified atom stereocenters. The summed E-state index contributed by atoms with van der Waals surface area (Å²) in [7, 11) is 0. The quantitative estimate of drug-likeness (QED) is 0.107. The summed E-state index contributed by atoms with van der Waals surface area (Å²) in [6, 6.07) is 40.4. The first-order chi connectivity index (χ1) is 24.7. The van der Waals surface area contributed by atoms with E-state index >= 15 is 0 Å². The van der Waals surface area contributed by atoms with Crippen molar-refractivity contribution in [2.75, 3.05) is 6.61 Å². The van der Waals surface area contributed by atoms with Gasteiger partial charge in [-0.25, -0.2) is 15.0 Å². The number of aromatic nitrogens is 4. The Balaban J connectivity index is 1.26. The molecule has 3 heterocycles. The Labute approximate surface area is 296 Å². The van der Waals surface area contributed by atoms with E-state index in [4.69, 9.17) is 35.3 Å². The highest BCUT2D eigenvalue weighted by atomic mass is 35.5. The summed E-state index contributed by atoms with van der Waals surface area (Å²) in [5, 5.41) is 0.273. The molecule has 0 spiro atoms.